The number of amides is 1. The predicted octanol–water partition coefficient (Wildman–Crippen LogP) is 1.68. The Labute approximate surface area is 104 Å². The molecule has 18 heavy (non-hydrogen) atoms. The Morgan fingerprint density at radius 1 is 1.39 bits per heavy atom. The molecule has 0 saturated heterocycles. The van der Waals surface area contributed by atoms with Crippen molar-refractivity contribution in [1.29, 1.82) is 0 Å². The maximum atomic E-state index is 11.7. The molecule has 1 aliphatic rings. The lowest BCUT2D eigenvalue weighted by Gasteiger charge is -2.21. The first kappa shape index (κ1) is 12.6. The summed E-state index contributed by atoms with van der Waals surface area (Å²) in [5.74, 6) is -1.41. The summed E-state index contributed by atoms with van der Waals surface area (Å²) in [5, 5.41) is 14.8. The molecule has 2 rings (SSSR count). The minimum absolute atomic E-state index is 0.0169. The van der Waals surface area contributed by atoms with Crippen LogP contribution in [0.4, 0.5) is 0 Å². The Balaban J connectivity index is 1.84. The lowest BCUT2D eigenvalue weighted by atomic mass is 9.89. The lowest BCUT2D eigenvalue weighted by molar-refractivity contribution is 0.0651. The molecule has 2 N–H and O–H groups in total. The van der Waals surface area contributed by atoms with Crippen molar-refractivity contribution in [3.63, 3.8) is 0 Å². The Morgan fingerprint density at radius 3 is 2.72 bits per heavy atom. The monoisotopic (exact) mass is 252 g/mol. The summed E-state index contributed by atoms with van der Waals surface area (Å²) < 4.78 is 4.53. The van der Waals surface area contributed by atoms with Gasteiger partial charge in [0.15, 0.2) is 5.69 Å². The Hall–Kier alpha value is -1.85. The molecule has 1 saturated carbocycles. The van der Waals surface area contributed by atoms with Gasteiger partial charge in [-0.05, 0) is 18.8 Å². The van der Waals surface area contributed by atoms with Crippen LogP contribution >= 0.6 is 0 Å². The number of nitrogens with one attached hydrogen (secondary N) is 1. The van der Waals surface area contributed by atoms with E-state index in [4.69, 9.17) is 5.11 Å². The van der Waals surface area contributed by atoms with E-state index >= 15 is 0 Å². The van der Waals surface area contributed by atoms with Gasteiger partial charge < -0.3 is 14.9 Å². The maximum absolute atomic E-state index is 11.7. The van der Waals surface area contributed by atoms with Crippen LogP contribution in [0.15, 0.2) is 10.6 Å². The second kappa shape index (κ2) is 5.66. The smallest absolute Gasteiger partial charge is 0.374 e. The van der Waals surface area contributed by atoms with Gasteiger partial charge in [-0.25, -0.2) is 4.79 Å². The number of carbonyl (C=O) groups is 2. The number of aromatic carboxylic acids is 1. The molecule has 0 radical (unpaired) electrons. The van der Waals surface area contributed by atoms with Crippen molar-refractivity contribution in [3.05, 3.63) is 17.5 Å². The zero-order valence-corrected chi connectivity index (χ0v) is 10.0. The van der Waals surface area contributed by atoms with E-state index in [-0.39, 0.29) is 17.4 Å². The average Bonchev–Trinajstić information content (AvgIpc) is 2.87. The number of hydrogen-bond acceptors (Lipinski definition) is 4. The van der Waals surface area contributed by atoms with E-state index in [0.29, 0.717) is 12.5 Å². The van der Waals surface area contributed by atoms with E-state index in [1.165, 1.54) is 19.3 Å². The average molecular weight is 252 g/mol. The molecular formula is C12H16N2O4. The summed E-state index contributed by atoms with van der Waals surface area (Å²) in [6, 6.07) is 1.14. The van der Waals surface area contributed by atoms with Crippen LogP contribution in [0, 0.1) is 5.92 Å². The first-order valence-electron chi connectivity index (χ1n) is 6.15. The summed E-state index contributed by atoms with van der Waals surface area (Å²) in [7, 11) is 0. The van der Waals surface area contributed by atoms with E-state index in [1.807, 2.05) is 0 Å². The fraction of sp³-hybridized carbons (Fsp3) is 0.583. The van der Waals surface area contributed by atoms with Crippen molar-refractivity contribution in [2.24, 2.45) is 5.92 Å². The van der Waals surface area contributed by atoms with Gasteiger partial charge in [-0.1, -0.05) is 24.4 Å². The maximum Gasteiger partial charge on any atom is 0.374 e. The van der Waals surface area contributed by atoms with Crippen LogP contribution in [-0.4, -0.2) is 28.7 Å². The molecule has 0 atom stereocenters. The van der Waals surface area contributed by atoms with Gasteiger partial charge in [0.05, 0.1) is 0 Å². The van der Waals surface area contributed by atoms with Crippen LogP contribution in [0.1, 0.15) is 53.1 Å². The first-order valence-corrected chi connectivity index (χ1v) is 6.15. The van der Waals surface area contributed by atoms with Crippen molar-refractivity contribution >= 4 is 11.9 Å². The molecule has 1 aromatic heterocycles. The zero-order valence-electron chi connectivity index (χ0n) is 10.0. The van der Waals surface area contributed by atoms with Gasteiger partial charge in [0.25, 0.3) is 5.91 Å². The summed E-state index contributed by atoms with van der Waals surface area (Å²) in [6.07, 6.45) is 5.98. The highest BCUT2D eigenvalue weighted by atomic mass is 16.5. The second-order valence-corrected chi connectivity index (χ2v) is 4.60. The molecule has 6 heteroatoms. The molecule has 1 fully saturated rings. The molecule has 1 aliphatic carbocycles. The third kappa shape index (κ3) is 3.09. The molecule has 0 unspecified atom stereocenters. The summed E-state index contributed by atoms with van der Waals surface area (Å²) in [5.41, 5.74) is 0.0169. The van der Waals surface area contributed by atoms with Crippen LogP contribution < -0.4 is 5.32 Å². The van der Waals surface area contributed by atoms with E-state index in [1.54, 1.807) is 0 Å². The van der Waals surface area contributed by atoms with Gasteiger partial charge in [0.1, 0.15) is 0 Å². The van der Waals surface area contributed by atoms with E-state index in [0.717, 1.165) is 18.9 Å². The molecule has 0 aliphatic heterocycles. The van der Waals surface area contributed by atoms with Gasteiger partial charge in [-0.15, -0.1) is 0 Å². The number of aromatic nitrogens is 1. The normalized spacial score (nSPS) is 16.4. The Bertz CT molecular complexity index is 435. The Morgan fingerprint density at radius 2 is 2.11 bits per heavy atom. The van der Waals surface area contributed by atoms with Crippen LogP contribution in [-0.2, 0) is 0 Å². The quantitative estimate of drug-likeness (QED) is 0.850. The predicted molar refractivity (Wildman–Crippen MR) is 62.4 cm³/mol. The third-order valence-electron chi connectivity index (χ3n) is 3.23. The van der Waals surface area contributed by atoms with E-state index < -0.39 is 5.97 Å². The molecule has 6 nitrogen and oxygen atoms in total. The van der Waals surface area contributed by atoms with Crippen LogP contribution in [0.5, 0.6) is 0 Å². The number of carbonyl (C=O) groups excluding carboxylic acids is 1. The minimum Gasteiger partial charge on any atom is -0.475 e. The van der Waals surface area contributed by atoms with Gasteiger partial charge in [0, 0.05) is 12.6 Å². The number of nitrogens with zero attached hydrogens (tertiary/aromatic N) is 1. The highest BCUT2D eigenvalue weighted by molar-refractivity contribution is 5.94. The van der Waals surface area contributed by atoms with Crippen LogP contribution in [0.25, 0.3) is 0 Å². The summed E-state index contributed by atoms with van der Waals surface area (Å²) in [4.78, 5) is 22.3. The zero-order chi connectivity index (χ0) is 13.0. The number of carboxylic acids is 1. The topological polar surface area (TPSA) is 92.4 Å². The minimum atomic E-state index is -1.23. The fourth-order valence-electron chi connectivity index (χ4n) is 2.20. The third-order valence-corrected chi connectivity index (χ3v) is 3.23. The highest BCUT2D eigenvalue weighted by Crippen LogP contribution is 2.22. The molecule has 98 valence electrons. The van der Waals surface area contributed by atoms with Gasteiger partial charge >= 0.3 is 5.97 Å². The fourth-order valence-corrected chi connectivity index (χ4v) is 2.20. The van der Waals surface area contributed by atoms with Crippen LogP contribution in [0.3, 0.4) is 0 Å². The van der Waals surface area contributed by atoms with Crippen molar-refractivity contribution < 1.29 is 19.2 Å². The van der Waals surface area contributed by atoms with Crippen molar-refractivity contribution in [3.8, 4) is 0 Å². The van der Waals surface area contributed by atoms with Gasteiger partial charge in [0.2, 0.25) is 5.76 Å². The molecule has 1 aromatic rings. The number of rotatable bonds is 4. The van der Waals surface area contributed by atoms with Crippen molar-refractivity contribution in [2.75, 3.05) is 6.54 Å². The van der Waals surface area contributed by atoms with E-state index in [2.05, 4.69) is 15.0 Å². The van der Waals surface area contributed by atoms with Gasteiger partial charge in [-0.2, -0.15) is 0 Å². The second-order valence-electron chi connectivity index (χ2n) is 4.60. The van der Waals surface area contributed by atoms with E-state index in [9.17, 15) is 9.59 Å². The Kier molecular flexibility index (Phi) is 3.96. The van der Waals surface area contributed by atoms with Gasteiger partial charge in [-0.3, -0.25) is 4.79 Å². The summed E-state index contributed by atoms with van der Waals surface area (Å²) in [6.45, 7) is 0.619. The van der Waals surface area contributed by atoms with Crippen LogP contribution in [0.2, 0.25) is 0 Å². The number of carboxylic acid groups (broad SMARTS) is 1. The molecule has 0 aromatic carbocycles. The molecule has 0 bridgehead atoms. The SMILES string of the molecule is O=C(NCC1CCCCC1)c1cc(C(=O)O)on1. The largest absolute Gasteiger partial charge is 0.475 e. The van der Waals surface area contributed by atoms with Crippen molar-refractivity contribution in [2.45, 2.75) is 32.1 Å². The molecular weight excluding hydrogens is 236 g/mol. The van der Waals surface area contributed by atoms with Crippen molar-refractivity contribution in [1.82, 2.24) is 10.5 Å². The molecule has 1 amide bonds. The highest BCUT2D eigenvalue weighted by Gasteiger charge is 2.18. The molecule has 1 heterocycles. The molecule has 0 spiro atoms. The lowest BCUT2D eigenvalue weighted by Crippen LogP contribution is -2.30. The summed E-state index contributed by atoms with van der Waals surface area (Å²) >= 11 is 0. The first-order chi connectivity index (χ1) is 8.66. The number of hydrogen-bond donors (Lipinski definition) is 2. The standard InChI is InChI=1S/C12H16N2O4/c15-11(9-6-10(12(16)17)18-14-9)13-7-8-4-2-1-3-5-8/h6,8H,1-5,7H2,(H,13,15)(H,16,17).